The summed E-state index contributed by atoms with van der Waals surface area (Å²) in [5, 5.41) is 6.85. The van der Waals surface area contributed by atoms with Crippen LogP contribution in [0.5, 0.6) is 0 Å². The maximum Gasteiger partial charge on any atom is 0.244 e. The van der Waals surface area contributed by atoms with E-state index in [1.54, 1.807) is 18.5 Å². The fraction of sp³-hybridized carbons (Fsp3) is 0.500. The Morgan fingerprint density at radius 2 is 2.10 bits per heavy atom. The van der Waals surface area contributed by atoms with Gasteiger partial charge in [0.2, 0.25) is 10.0 Å². The number of aromatic nitrogens is 3. The first kappa shape index (κ1) is 16.1. The van der Waals surface area contributed by atoms with Crippen molar-refractivity contribution in [1.82, 2.24) is 19.5 Å². The van der Waals surface area contributed by atoms with Crippen LogP contribution in [0.4, 0.5) is 0 Å². The lowest BCUT2D eigenvalue weighted by Crippen LogP contribution is -2.24. The molecule has 0 radical (unpaired) electrons. The smallest absolute Gasteiger partial charge is 0.244 e. The minimum atomic E-state index is -3.62. The topological polar surface area (TPSA) is 103 Å². The Bertz CT molecular complexity index is 733. The van der Waals surface area contributed by atoms with Crippen molar-refractivity contribution in [3.8, 4) is 0 Å². The van der Waals surface area contributed by atoms with E-state index in [-0.39, 0.29) is 11.4 Å². The number of sulfonamides is 1. The van der Waals surface area contributed by atoms with Crippen LogP contribution in [0.2, 0.25) is 0 Å². The quantitative estimate of drug-likeness (QED) is 0.812. The van der Waals surface area contributed by atoms with Gasteiger partial charge in [0.05, 0.1) is 24.5 Å². The normalized spacial score (nSPS) is 12.0. The van der Waals surface area contributed by atoms with E-state index in [0.717, 1.165) is 10.7 Å². The van der Waals surface area contributed by atoms with E-state index in [1.165, 1.54) is 11.3 Å². The number of nitrogens with two attached hydrogens (primary N) is 1. The van der Waals surface area contributed by atoms with Crippen molar-refractivity contribution in [3.63, 3.8) is 0 Å². The van der Waals surface area contributed by atoms with Gasteiger partial charge in [0, 0.05) is 17.6 Å². The van der Waals surface area contributed by atoms with Gasteiger partial charge in [-0.2, -0.15) is 5.10 Å². The van der Waals surface area contributed by atoms with E-state index in [4.69, 9.17) is 5.73 Å². The second-order valence-electron chi connectivity index (χ2n) is 4.72. The molecule has 0 aliphatic carbocycles. The molecule has 3 N–H and O–H groups in total. The van der Waals surface area contributed by atoms with Gasteiger partial charge in [0.15, 0.2) is 0 Å². The van der Waals surface area contributed by atoms with Crippen molar-refractivity contribution in [2.75, 3.05) is 6.54 Å². The first-order valence-corrected chi connectivity index (χ1v) is 8.86. The summed E-state index contributed by atoms with van der Waals surface area (Å²) < 4.78 is 29.1. The van der Waals surface area contributed by atoms with E-state index in [2.05, 4.69) is 14.8 Å². The molecule has 9 heteroatoms. The van der Waals surface area contributed by atoms with Gasteiger partial charge in [-0.1, -0.05) is 0 Å². The Kier molecular flexibility index (Phi) is 4.77. The van der Waals surface area contributed by atoms with E-state index in [1.807, 2.05) is 12.3 Å². The minimum absolute atomic E-state index is 0.182. The lowest BCUT2D eigenvalue weighted by Gasteiger charge is -2.06. The number of aryl methyl sites for hydroxylation is 2. The highest BCUT2D eigenvalue weighted by Crippen LogP contribution is 2.19. The molecular weight excluding hydrogens is 310 g/mol. The van der Waals surface area contributed by atoms with Crippen molar-refractivity contribution in [2.24, 2.45) is 5.73 Å². The minimum Gasteiger partial charge on any atom is -0.329 e. The molecule has 0 fully saturated rings. The van der Waals surface area contributed by atoms with Gasteiger partial charge in [0.1, 0.15) is 9.90 Å². The highest BCUT2D eigenvalue weighted by atomic mass is 32.2. The second-order valence-corrected chi connectivity index (χ2v) is 7.37. The highest BCUT2D eigenvalue weighted by molar-refractivity contribution is 7.89. The van der Waals surface area contributed by atoms with Crippen molar-refractivity contribution in [1.29, 1.82) is 0 Å². The molecule has 0 bridgehead atoms. The van der Waals surface area contributed by atoms with Gasteiger partial charge in [-0.3, -0.25) is 4.68 Å². The van der Waals surface area contributed by atoms with Crippen LogP contribution in [-0.4, -0.2) is 29.7 Å². The number of hydrogen-bond donors (Lipinski definition) is 2. The van der Waals surface area contributed by atoms with Crippen molar-refractivity contribution < 1.29 is 8.42 Å². The van der Waals surface area contributed by atoms with Crippen LogP contribution < -0.4 is 10.5 Å². The summed E-state index contributed by atoms with van der Waals surface area (Å²) in [7, 11) is -3.62. The summed E-state index contributed by atoms with van der Waals surface area (Å²) in [4.78, 5) is 4.47. The zero-order valence-electron chi connectivity index (χ0n) is 12.3. The van der Waals surface area contributed by atoms with Crippen LogP contribution in [0.1, 0.15) is 22.1 Å². The molecule has 0 spiro atoms. The molecule has 116 valence electrons. The number of thiazole rings is 1. The highest BCUT2D eigenvalue weighted by Gasteiger charge is 2.24. The Morgan fingerprint density at radius 1 is 1.38 bits per heavy atom. The summed E-state index contributed by atoms with van der Waals surface area (Å²) in [6.07, 6.45) is 0. The average molecular weight is 329 g/mol. The molecule has 0 saturated heterocycles. The third kappa shape index (κ3) is 3.49. The molecule has 7 nitrogen and oxygen atoms in total. The maximum absolute atomic E-state index is 12.5. The molecule has 0 aliphatic heterocycles. The zero-order chi connectivity index (χ0) is 15.6. The Balaban J connectivity index is 2.23. The van der Waals surface area contributed by atoms with E-state index in [0.29, 0.717) is 24.5 Å². The average Bonchev–Trinajstić information content (AvgIpc) is 2.93. The molecule has 0 unspecified atom stereocenters. The number of nitrogens with one attached hydrogen (secondary N) is 1. The molecule has 2 aromatic rings. The molecule has 21 heavy (non-hydrogen) atoms. The summed E-state index contributed by atoms with van der Waals surface area (Å²) in [5.41, 5.74) is 7.46. The van der Waals surface area contributed by atoms with Crippen molar-refractivity contribution in [2.45, 2.75) is 38.8 Å². The SMILES string of the molecule is Cc1csc(CNS(=O)(=O)c2c(C)nn(CCN)c2C)n1. The van der Waals surface area contributed by atoms with Crippen LogP contribution in [0, 0.1) is 20.8 Å². The predicted molar refractivity (Wildman–Crippen MR) is 81.6 cm³/mol. The largest absolute Gasteiger partial charge is 0.329 e. The van der Waals surface area contributed by atoms with Crippen LogP contribution in [-0.2, 0) is 23.1 Å². The molecule has 2 heterocycles. The first-order chi connectivity index (χ1) is 9.85. The molecule has 2 rings (SSSR count). The third-order valence-corrected chi connectivity index (χ3v) is 5.62. The first-order valence-electron chi connectivity index (χ1n) is 6.50. The van der Waals surface area contributed by atoms with Crippen molar-refractivity contribution in [3.05, 3.63) is 27.5 Å². The molecule has 0 atom stereocenters. The predicted octanol–water partition coefficient (Wildman–Crippen LogP) is 0.702. The maximum atomic E-state index is 12.5. The standard InChI is InChI=1S/C12H19N5O2S2/c1-8-7-20-11(15-8)6-14-21(18,19)12-9(2)16-17(5-4-13)10(12)3/h7,14H,4-6,13H2,1-3H3. The van der Waals surface area contributed by atoms with Gasteiger partial charge < -0.3 is 5.73 Å². The summed E-state index contributed by atoms with van der Waals surface area (Å²) in [6.45, 7) is 6.38. The van der Waals surface area contributed by atoms with Gasteiger partial charge in [-0.15, -0.1) is 11.3 Å². The van der Waals surface area contributed by atoms with E-state index < -0.39 is 10.0 Å². The number of hydrogen-bond acceptors (Lipinski definition) is 6. The van der Waals surface area contributed by atoms with Crippen LogP contribution in [0.15, 0.2) is 10.3 Å². The van der Waals surface area contributed by atoms with Crippen LogP contribution in [0.25, 0.3) is 0 Å². The van der Waals surface area contributed by atoms with Crippen LogP contribution >= 0.6 is 11.3 Å². The molecule has 0 amide bonds. The lowest BCUT2D eigenvalue weighted by molar-refractivity contribution is 0.577. The number of nitrogens with zero attached hydrogens (tertiary/aromatic N) is 3. The third-order valence-electron chi connectivity index (χ3n) is 3.00. The van der Waals surface area contributed by atoms with Gasteiger partial charge >= 0.3 is 0 Å². The van der Waals surface area contributed by atoms with Crippen molar-refractivity contribution >= 4 is 21.4 Å². The Morgan fingerprint density at radius 3 is 2.67 bits per heavy atom. The fourth-order valence-corrected chi connectivity index (χ4v) is 4.32. The summed E-state index contributed by atoms with van der Waals surface area (Å²) in [5.74, 6) is 0. The summed E-state index contributed by atoms with van der Waals surface area (Å²) >= 11 is 1.43. The van der Waals surface area contributed by atoms with Crippen LogP contribution in [0.3, 0.4) is 0 Å². The second kappa shape index (κ2) is 6.22. The molecule has 2 aromatic heterocycles. The Labute approximate surface area is 128 Å². The zero-order valence-corrected chi connectivity index (χ0v) is 13.9. The van der Waals surface area contributed by atoms with E-state index >= 15 is 0 Å². The molecule has 0 aromatic carbocycles. The lowest BCUT2D eigenvalue weighted by atomic mass is 10.4. The molecule has 0 saturated carbocycles. The molecule has 0 aliphatic rings. The van der Waals surface area contributed by atoms with E-state index in [9.17, 15) is 8.42 Å². The van der Waals surface area contributed by atoms with Gasteiger partial charge in [-0.05, 0) is 20.8 Å². The Hall–Kier alpha value is -1.29. The summed E-state index contributed by atoms with van der Waals surface area (Å²) in [6, 6.07) is 0. The fourth-order valence-electron chi connectivity index (χ4n) is 2.12. The monoisotopic (exact) mass is 329 g/mol. The number of rotatable bonds is 6. The van der Waals surface area contributed by atoms with Gasteiger partial charge in [0.25, 0.3) is 0 Å². The molecular formula is C12H19N5O2S2. The van der Waals surface area contributed by atoms with Gasteiger partial charge in [-0.25, -0.2) is 18.1 Å².